The van der Waals surface area contributed by atoms with Crippen molar-refractivity contribution < 1.29 is 14.3 Å². The van der Waals surface area contributed by atoms with Crippen molar-refractivity contribution in [1.82, 2.24) is 9.97 Å². The van der Waals surface area contributed by atoms with Gasteiger partial charge in [-0.3, -0.25) is 10.1 Å². The van der Waals surface area contributed by atoms with Crippen LogP contribution in [0.15, 0.2) is 29.9 Å². The Labute approximate surface area is 117 Å². The molecule has 0 spiro atoms. The molecule has 2 aromatic heterocycles. The van der Waals surface area contributed by atoms with E-state index in [2.05, 4.69) is 15.3 Å². The van der Waals surface area contributed by atoms with Crippen LogP contribution >= 0.6 is 22.9 Å². The van der Waals surface area contributed by atoms with Crippen molar-refractivity contribution >= 4 is 39.9 Å². The Balaban J connectivity index is 1.85. The van der Waals surface area contributed by atoms with E-state index in [1.165, 1.54) is 29.7 Å². The molecule has 0 aliphatic carbocycles. The number of nitrogens with zero attached hydrogens (tertiary/aromatic N) is 2. The second kappa shape index (κ2) is 6.26. The molecule has 1 amide bonds. The van der Waals surface area contributed by atoms with Crippen LogP contribution < -0.4 is 5.32 Å². The minimum Gasteiger partial charge on any atom is -0.452 e. The van der Waals surface area contributed by atoms with Gasteiger partial charge in [0.05, 0.1) is 5.56 Å². The van der Waals surface area contributed by atoms with Gasteiger partial charge in [0, 0.05) is 17.8 Å². The number of nitrogens with one attached hydrogen (secondary N) is 1. The van der Waals surface area contributed by atoms with Gasteiger partial charge in [0.1, 0.15) is 5.15 Å². The molecule has 0 aromatic carbocycles. The third-order valence-electron chi connectivity index (χ3n) is 1.98. The molecule has 98 valence electrons. The van der Waals surface area contributed by atoms with Crippen LogP contribution in [0.2, 0.25) is 5.15 Å². The van der Waals surface area contributed by atoms with Crippen molar-refractivity contribution in [2.45, 2.75) is 0 Å². The number of amides is 1. The van der Waals surface area contributed by atoms with Gasteiger partial charge < -0.3 is 4.74 Å². The molecule has 0 atom stereocenters. The summed E-state index contributed by atoms with van der Waals surface area (Å²) in [6, 6.07) is 2.82. The predicted octanol–water partition coefficient (Wildman–Crippen LogP) is 1.99. The monoisotopic (exact) mass is 297 g/mol. The third kappa shape index (κ3) is 4.01. The van der Waals surface area contributed by atoms with Crippen LogP contribution in [0.4, 0.5) is 5.13 Å². The average molecular weight is 298 g/mol. The molecule has 8 heteroatoms. The molecule has 2 heterocycles. The Kier molecular flexibility index (Phi) is 4.43. The van der Waals surface area contributed by atoms with Crippen molar-refractivity contribution in [3.05, 3.63) is 40.6 Å². The smallest absolute Gasteiger partial charge is 0.338 e. The molecule has 0 aliphatic rings. The van der Waals surface area contributed by atoms with Crippen LogP contribution in [0.25, 0.3) is 0 Å². The predicted molar refractivity (Wildman–Crippen MR) is 70.3 cm³/mol. The van der Waals surface area contributed by atoms with E-state index in [1.54, 1.807) is 11.6 Å². The minimum absolute atomic E-state index is 0.182. The number of hydrogen-bond acceptors (Lipinski definition) is 6. The first-order chi connectivity index (χ1) is 9.15. The van der Waals surface area contributed by atoms with Crippen molar-refractivity contribution in [2.75, 3.05) is 11.9 Å². The Morgan fingerprint density at radius 3 is 2.89 bits per heavy atom. The molecule has 0 unspecified atom stereocenters. The molecular formula is C11H8ClN3O3S. The standard InChI is InChI=1S/C11H8ClN3O3S/c12-8-5-7(1-2-13-8)10(17)18-6-9(16)15-11-14-3-4-19-11/h1-5H,6H2,(H,14,15,16). The van der Waals surface area contributed by atoms with Gasteiger partial charge in [-0.15, -0.1) is 11.3 Å². The molecule has 0 radical (unpaired) electrons. The normalized spacial score (nSPS) is 9.95. The lowest BCUT2D eigenvalue weighted by molar-refractivity contribution is -0.119. The van der Waals surface area contributed by atoms with Crippen molar-refractivity contribution in [2.24, 2.45) is 0 Å². The molecule has 19 heavy (non-hydrogen) atoms. The van der Waals surface area contributed by atoms with Crippen molar-refractivity contribution in [3.8, 4) is 0 Å². The molecule has 0 saturated carbocycles. The van der Waals surface area contributed by atoms with Crippen LogP contribution in [0.1, 0.15) is 10.4 Å². The van der Waals surface area contributed by atoms with E-state index >= 15 is 0 Å². The maximum Gasteiger partial charge on any atom is 0.338 e. The number of thiazole rings is 1. The maximum atomic E-state index is 11.6. The first-order valence-electron chi connectivity index (χ1n) is 5.13. The summed E-state index contributed by atoms with van der Waals surface area (Å²) in [5.74, 6) is -1.10. The molecule has 0 saturated heterocycles. The third-order valence-corrected chi connectivity index (χ3v) is 2.87. The van der Waals surface area contributed by atoms with E-state index < -0.39 is 18.5 Å². The van der Waals surface area contributed by atoms with Gasteiger partial charge in [0.2, 0.25) is 0 Å². The summed E-state index contributed by atoms with van der Waals surface area (Å²) < 4.78 is 4.83. The number of carbonyl (C=O) groups is 2. The fraction of sp³-hybridized carbons (Fsp3) is 0.0909. The Morgan fingerprint density at radius 2 is 2.21 bits per heavy atom. The quantitative estimate of drug-likeness (QED) is 0.689. The summed E-state index contributed by atoms with van der Waals surface area (Å²) in [5, 5.41) is 4.85. The fourth-order valence-electron chi connectivity index (χ4n) is 1.18. The average Bonchev–Trinajstić information content (AvgIpc) is 2.88. The lowest BCUT2D eigenvalue weighted by Crippen LogP contribution is -2.20. The van der Waals surface area contributed by atoms with Gasteiger partial charge in [-0.2, -0.15) is 0 Å². The second-order valence-corrected chi connectivity index (χ2v) is 4.61. The molecule has 6 nitrogen and oxygen atoms in total. The number of halogens is 1. The van der Waals surface area contributed by atoms with Gasteiger partial charge in [-0.05, 0) is 12.1 Å². The summed E-state index contributed by atoms with van der Waals surface area (Å²) in [7, 11) is 0. The molecule has 2 rings (SSSR count). The number of ether oxygens (including phenoxy) is 1. The van der Waals surface area contributed by atoms with E-state index in [9.17, 15) is 9.59 Å². The van der Waals surface area contributed by atoms with E-state index in [-0.39, 0.29) is 10.7 Å². The first-order valence-corrected chi connectivity index (χ1v) is 6.39. The molecule has 2 aromatic rings. The zero-order chi connectivity index (χ0) is 13.7. The summed E-state index contributed by atoms with van der Waals surface area (Å²) in [6.07, 6.45) is 2.94. The van der Waals surface area contributed by atoms with Gasteiger partial charge in [0.25, 0.3) is 5.91 Å². The summed E-state index contributed by atoms with van der Waals surface area (Å²) in [6.45, 7) is -0.391. The van der Waals surface area contributed by atoms with Gasteiger partial charge >= 0.3 is 5.97 Å². The maximum absolute atomic E-state index is 11.6. The summed E-state index contributed by atoms with van der Waals surface area (Å²) >= 11 is 6.92. The van der Waals surface area contributed by atoms with Gasteiger partial charge in [-0.1, -0.05) is 11.6 Å². The van der Waals surface area contributed by atoms with E-state index in [4.69, 9.17) is 16.3 Å². The van der Waals surface area contributed by atoms with Crippen LogP contribution in [0.5, 0.6) is 0 Å². The second-order valence-electron chi connectivity index (χ2n) is 3.33. The van der Waals surface area contributed by atoms with E-state index in [0.717, 1.165) is 0 Å². The number of anilines is 1. The highest BCUT2D eigenvalue weighted by Crippen LogP contribution is 2.10. The lowest BCUT2D eigenvalue weighted by atomic mass is 10.3. The SMILES string of the molecule is O=C(COC(=O)c1ccnc(Cl)c1)Nc1nccs1. The highest BCUT2D eigenvalue weighted by atomic mass is 35.5. The first kappa shape index (κ1) is 13.4. The summed E-state index contributed by atoms with van der Waals surface area (Å²) in [5.41, 5.74) is 0.238. The fourth-order valence-corrected chi connectivity index (χ4v) is 1.90. The van der Waals surface area contributed by atoms with Crippen LogP contribution in [0, 0.1) is 0 Å². The van der Waals surface area contributed by atoms with E-state index in [1.807, 2.05) is 0 Å². The van der Waals surface area contributed by atoms with Crippen molar-refractivity contribution in [1.29, 1.82) is 0 Å². The molecular weight excluding hydrogens is 290 g/mol. The number of rotatable bonds is 4. The number of hydrogen-bond donors (Lipinski definition) is 1. The molecule has 0 fully saturated rings. The number of aromatic nitrogens is 2. The number of esters is 1. The molecule has 1 N–H and O–H groups in total. The highest BCUT2D eigenvalue weighted by molar-refractivity contribution is 7.13. The zero-order valence-corrected chi connectivity index (χ0v) is 11.1. The number of carbonyl (C=O) groups excluding carboxylic acids is 2. The molecule has 0 aliphatic heterocycles. The Bertz CT molecular complexity index is 589. The van der Waals surface area contributed by atoms with Gasteiger partial charge in [0.15, 0.2) is 11.7 Å². The van der Waals surface area contributed by atoms with Crippen molar-refractivity contribution in [3.63, 3.8) is 0 Å². The lowest BCUT2D eigenvalue weighted by Gasteiger charge is -2.04. The largest absolute Gasteiger partial charge is 0.452 e. The zero-order valence-electron chi connectivity index (χ0n) is 9.50. The highest BCUT2D eigenvalue weighted by Gasteiger charge is 2.11. The Hall–Kier alpha value is -1.99. The minimum atomic E-state index is -0.640. The topological polar surface area (TPSA) is 81.2 Å². The molecule has 0 bridgehead atoms. The van der Waals surface area contributed by atoms with Crippen LogP contribution in [-0.4, -0.2) is 28.5 Å². The summed E-state index contributed by atoms with van der Waals surface area (Å²) in [4.78, 5) is 30.7. The van der Waals surface area contributed by atoms with Crippen LogP contribution in [-0.2, 0) is 9.53 Å². The Morgan fingerprint density at radius 1 is 1.37 bits per heavy atom. The number of pyridine rings is 1. The van der Waals surface area contributed by atoms with Crippen LogP contribution in [0.3, 0.4) is 0 Å². The van der Waals surface area contributed by atoms with Gasteiger partial charge in [-0.25, -0.2) is 14.8 Å². The van der Waals surface area contributed by atoms with E-state index in [0.29, 0.717) is 5.13 Å².